The molecule has 0 unspecified atom stereocenters. The number of rotatable bonds is 8. The molecule has 186 valence electrons. The molecule has 14 heteroatoms. The number of aromatic nitrogens is 3. The van der Waals surface area contributed by atoms with Gasteiger partial charge in [0.2, 0.25) is 0 Å². The van der Waals surface area contributed by atoms with E-state index in [2.05, 4.69) is 15.5 Å². The molecule has 2 atom stereocenters. The van der Waals surface area contributed by atoms with E-state index in [0.717, 1.165) is 17.0 Å². The predicted octanol–water partition coefficient (Wildman–Crippen LogP) is -0.890. The van der Waals surface area contributed by atoms with Gasteiger partial charge in [-0.25, -0.2) is 14.0 Å². The minimum absolute atomic E-state index is 0.120. The molecule has 2 aliphatic rings. The summed E-state index contributed by atoms with van der Waals surface area (Å²) in [4.78, 5) is 48.4. The number of imidazole rings is 1. The van der Waals surface area contributed by atoms with Crippen molar-refractivity contribution in [1.29, 1.82) is 0 Å². The van der Waals surface area contributed by atoms with E-state index in [0.29, 0.717) is 11.3 Å². The number of carbonyl (C=O) groups is 3. The molecule has 1 fully saturated rings. The summed E-state index contributed by atoms with van der Waals surface area (Å²) in [6, 6.07) is 4.76. The molecule has 12 nitrogen and oxygen atoms in total. The molecule has 36 heavy (non-hydrogen) atoms. The van der Waals surface area contributed by atoms with Crippen LogP contribution in [0.25, 0.3) is 5.65 Å². The van der Waals surface area contributed by atoms with E-state index in [-0.39, 0.29) is 35.4 Å². The van der Waals surface area contributed by atoms with E-state index < -0.39 is 29.2 Å². The first-order valence-electron chi connectivity index (χ1n) is 10.9. The summed E-state index contributed by atoms with van der Waals surface area (Å²) >= 11 is 2.51. The molecule has 0 radical (unpaired) electrons. The number of thiazole rings is 1. The fourth-order valence-corrected chi connectivity index (χ4v) is 6.00. The van der Waals surface area contributed by atoms with Gasteiger partial charge in [-0.15, -0.1) is 23.1 Å². The number of amides is 2. The number of nitrogens with zero attached hydrogens (tertiary/aromatic N) is 5. The number of thioether (sulfide) groups is 1. The number of oxime groups is 1. The molecule has 2 aliphatic heterocycles. The second-order valence-electron chi connectivity index (χ2n) is 7.92. The molecule has 0 aliphatic carbocycles. The van der Waals surface area contributed by atoms with Crippen molar-refractivity contribution < 1.29 is 28.7 Å². The Balaban J connectivity index is 1.37. The van der Waals surface area contributed by atoms with E-state index in [1.54, 1.807) is 12.3 Å². The highest BCUT2D eigenvalue weighted by Gasteiger charge is 2.53. The van der Waals surface area contributed by atoms with Crippen molar-refractivity contribution in [1.82, 2.24) is 19.8 Å². The zero-order valence-electron chi connectivity index (χ0n) is 19.0. The lowest BCUT2D eigenvalue weighted by Crippen LogP contribution is -2.71. The zero-order valence-corrected chi connectivity index (χ0v) is 20.6. The quantitative estimate of drug-likeness (QED) is 0.165. The molecular formula is C22H21N7O5S2. The number of aliphatic carboxylic acids is 1. The van der Waals surface area contributed by atoms with Crippen LogP contribution < -0.4 is 20.6 Å². The van der Waals surface area contributed by atoms with Crippen LogP contribution in [0.15, 0.2) is 58.6 Å². The molecule has 0 saturated carbocycles. The van der Waals surface area contributed by atoms with Gasteiger partial charge in [0.15, 0.2) is 10.8 Å². The van der Waals surface area contributed by atoms with Crippen LogP contribution in [0.5, 0.6) is 0 Å². The van der Waals surface area contributed by atoms with Gasteiger partial charge in [0.25, 0.3) is 17.5 Å². The molecule has 5 heterocycles. The fourth-order valence-electron chi connectivity index (χ4n) is 4.12. The van der Waals surface area contributed by atoms with Crippen molar-refractivity contribution in [2.45, 2.75) is 24.9 Å². The lowest BCUT2D eigenvalue weighted by atomic mass is 10.0. The second-order valence-corrected chi connectivity index (χ2v) is 9.92. The van der Waals surface area contributed by atoms with Crippen molar-refractivity contribution in [2.24, 2.45) is 5.16 Å². The zero-order chi connectivity index (χ0) is 25.4. The summed E-state index contributed by atoms with van der Waals surface area (Å²) in [5.41, 5.74) is 7.04. The first kappa shape index (κ1) is 23.8. The summed E-state index contributed by atoms with van der Waals surface area (Å²) in [6.45, 7) is 2.21. The van der Waals surface area contributed by atoms with Crippen LogP contribution in [-0.2, 0) is 25.8 Å². The Morgan fingerprint density at radius 3 is 2.94 bits per heavy atom. The van der Waals surface area contributed by atoms with Gasteiger partial charge in [-0.3, -0.25) is 14.5 Å². The minimum atomic E-state index is -1.44. The van der Waals surface area contributed by atoms with Crippen molar-refractivity contribution in [2.75, 3.05) is 18.1 Å². The van der Waals surface area contributed by atoms with Crippen molar-refractivity contribution in [3.05, 3.63) is 59.1 Å². The van der Waals surface area contributed by atoms with E-state index >= 15 is 0 Å². The molecule has 0 spiro atoms. The minimum Gasteiger partial charge on any atom is -0.543 e. The Morgan fingerprint density at radius 2 is 2.22 bits per heavy atom. The molecule has 0 bridgehead atoms. The molecular weight excluding hydrogens is 506 g/mol. The lowest BCUT2D eigenvalue weighted by molar-refractivity contribution is -0.510. The molecule has 2 amide bonds. The van der Waals surface area contributed by atoms with Crippen molar-refractivity contribution in [3.8, 4) is 0 Å². The standard InChI is InChI=1S/C22H21N7O5S2/c1-2-34-26-15(13-11-36-22(23)24-13)18(30)25-16-19(31)29-17(21(32)33)12(10-35-20(16)29)9-28-8-7-27-6-4-3-5-14(27)28/h3-8,11,16,20H,2,9-10H2,1H3,(H3-,23,24,25,30,32,33)/b26-15-/t16-,20+/m1/s1. The highest BCUT2D eigenvalue weighted by atomic mass is 32.2. The molecule has 0 aromatic carbocycles. The normalized spacial score (nSPS) is 19.8. The van der Waals surface area contributed by atoms with Crippen LogP contribution in [0.4, 0.5) is 5.13 Å². The third-order valence-corrected chi connectivity index (χ3v) is 7.74. The van der Waals surface area contributed by atoms with E-state index in [4.69, 9.17) is 10.6 Å². The highest BCUT2D eigenvalue weighted by molar-refractivity contribution is 8.00. The topological polar surface area (TPSA) is 159 Å². The second kappa shape index (κ2) is 9.62. The smallest absolute Gasteiger partial charge is 0.286 e. The van der Waals surface area contributed by atoms with Crippen LogP contribution >= 0.6 is 23.1 Å². The Kier molecular flexibility index (Phi) is 6.36. The summed E-state index contributed by atoms with van der Waals surface area (Å²) in [7, 11) is 0. The Hall–Kier alpha value is -3.91. The van der Waals surface area contributed by atoms with Gasteiger partial charge >= 0.3 is 0 Å². The maximum Gasteiger partial charge on any atom is 0.286 e. The third-order valence-electron chi connectivity index (χ3n) is 5.72. The number of nitrogens with two attached hydrogens (primary N) is 1. The number of pyridine rings is 1. The number of carboxylic acids is 1. The van der Waals surface area contributed by atoms with E-state index in [9.17, 15) is 19.5 Å². The number of anilines is 1. The van der Waals surface area contributed by atoms with Gasteiger partial charge in [0.05, 0.1) is 17.9 Å². The summed E-state index contributed by atoms with van der Waals surface area (Å²) in [5.74, 6) is -2.30. The Bertz CT molecular complexity index is 1430. The first-order valence-corrected chi connectivity index (χ1v) is 12.9. The number of hydrogen-bond donors (Lipinski definition) is 2. The van der Waals surface area contributed by atoms with Crippen LogP contribution in [0.1, 0.15) is 12.6 Å². The van der Waals surface area contributed by atoms with Crippen LogP contribution in [0, 0.1) is 0 Å². The molecule has 3 aromatic rings. The van der Waals surface area contributed by atoms with Crippen molar-refractivity contribution >= 4 is 57.4 Å². The maximum absolute atomic E-state index is 13.0. The Morgan fingerprint density at radius 1 is 1.39 bits per heavy atom. The first-order chi connectivity index (χ1) is 17.4. The molecule has 1 saturated heterocycles. The number of carbonyl (C=O) groups excluding carboxylic acids is 3. The maximum atomic E-state index is 13.0. The summed E-state index contributed by atoms with van der Waals surface area (Å²) < 4.78 is 3.81. The van der Waals surface area contributed by atoms with Gasteiger partial charge in [-0.2, -0.15) is 0 Å². The average Bonchev–Trinajstić information content (AvgIpc) is 3.48. The number of hydrogen-bond acceptors (Lipinski definition) is 10. The van der Waals surface area contributed by atoms with Crippen LogP contribution in [0.3, 0.4) is 0 Å². The predicted molar refractivity (Wildman–Crippen MR) is 129 cm³/mol. The molecule has 3 N–H and O–H groups in total. The van der Waals surface area contributed by atoms with Crippen molar-refractivity contribution in [3.63, 3.8) is 0 Å². The van der Waals surface area contributed by atoms with E-state index in [1.165, 1.54) is 16.7 Å². The average molecular weight is 528 g/mol. The number of nitrogens with one attached hydrogen (secondary N) is 1. The van der Waals surface area contributed by atoms with Crippen LogP contribution in [0.2, 0.25) is 0 Å². The molecule has 3 aromatic heterocycles. The monoisotopic (exact) mass is 527 g/mol. The van der Waals surface area contributed by atoms with Gasteiger partial charge < -0.3 is 25.8 Å². The molecule has 5 rings (SSSR count). The highest BCUT2D eigenvalue weighted by Crippen LogP contribution is 2.40. The number of carboxylic acid groups (broad SMARTS) is 1. The SMILES string of the molecule is CCO/N=C(\C(=O)N[C@@H]1C(=O)N2C(C(=O)[O-])=C(Cn3cc[n+]4ccccc34)CS[C@@H]12)c1csc(N)n1. The van der Waals surface area contributed by atoms with Gasteiger partial charge in [0, 0.05) is 22.8 Å². The largest absolute Gasteiger partial charge is 0.543 e. The van der Waals surface area contributed by atoms with Gasteiger partial charge in [0.1, 0.15) is 42.7 Å². The number of fused-ring (bicyclic) bond motifs is 2. The van der Waals surface area contributed by atoms with E-state index in [1.807, 2.05) is 45.8 Å². The summed E-state index contributed by atoms with van der Waals surface area (Å²) in [5, 5.41) is 19.8. The van der Waals surface area contributed by atoms with Gasteiger partial charge in [-0.05, 0) is 13.0 Å². The number of nitrogen functional groups attached to an aromatic ring is 1. The number of β-lactam (4-membered cyclic amide) rings is 1. The fraction of sp³-hybridized carbons (Fsp3) is 0.273. The van der Waals surface area contributed by atoms with Crippen LogP contribution in [-0.4, -0.2) is 61.7 Å². The van der Waals surface area contributed by atoms with Gasteiger partial charge in [-0.1, -0.05) is 11.2 Å². The third kappa shape index (κ3) is 4.18. The lowest BCUT2D eigenvalue weighted by Gasteiger charge is -2.50. The Labute approximate surface area is 213 Å². The summed E-state index contributed by atoms with van der Waals surface area (Å²) in [6.07, 6.45) is 5.60.